The van der Waals surface area contributed by atoms with Gasteiger partial charge in [-0.3, -0.25) is 4.79 Å². The maximum absolute atomic E-state index is 12.2. The predicted molar refractivity (Wildman–Crippen MR) is 89.1 cm³/mol. The van der Waals surface area contributed by atoms with E-state index in [1.54, 1.807) is 30.3 Å². The molecule has 5 nitrogen and oxygen atoms in total. The SMILES string of the molecule is Cn1ccnc1SCc1cccc(C(=O)NCc2ccco2)c1. The Labute approximate surface area is 138 Å². The van der Waals surface area contributed by atoms with Crippen molar-refractivity contribution in [3.05, 3.63) is 71.9 Å². The lowest BCUT2D eigenvalue weighted by atomic mass is 10.1. The van der Waals surface area contributed by atoms with E-state index in [2.05, 4.69) is 10.3 Å². The molecule has 0 spiro atoms. The van der Waals surface area contributed by atoms with E-state index < -0.39 is 0 Å². The Hall–Kier alpha value is -2.47. The molecule has 0 bridgehead atoms. The summed E-state index contributed by atoms with van der Waals surface area (Å²) < 4.78 is 7.18. The summed E-state index contributed by atoms with van der Waals surface area (Å²) in [6.07, 6.45) is 5.29. The monoisotopic (exact) mass is 327 g/mol. The molecular formula is C17H17N3O2S. The van der Waals surface area contributed by atoms with E-state index in [-0.39, 0.29) is 5.91 Å². The Morgan fingerprint density at radius 2 is 2.26 bits per heavy atom. The fourth-order valence-corrected chi connectivity index (χ4v) is 3.00. The predicted octanol–water partition coefficient (Wildman–Crippen LogP) is 3.24. The number of hydrogen-bond acceptors (Lipinski definition) is 4. The van der Waals surface area contributed by atoms with Crippen LogP contribution in [0.3, 0.4) is 0 Å². The Kier molecular flexibility index (Phi) is 4.83. The van der Waals surface area contributed by atoms with Crippen molar-refractivity contribution in [1.82, 2.24) is 14.9 Å². The van der Waals surface area contributed by atoms with Crippen molar-refractivity contribution < 1.29 is 9.21 Å². The summed E-state index contributed by atoms with van der Waals surface area (Å²) in [6, 6.07) is 11.3. The van der Waals surface area contributed by atoms with E-state index in [0.29, 0.717) is 12.1 Å². The van der Waals surface area contributed by atoms with E-state index in [4.69, 9.17) is 4.42 Å². The minimum absolute atomic E-state index is 0.106. The van der Waals surface area contributed by atoms with Gasteiger partial charge in [0.15, 0.2) is 5.16 Å². The molecule has 0 saturated carbocycles. The highest BCUT2D eigenvalue weighted by Gasteiger charge is 2.08. The summed E-state index contributed by atoms with van der Waals surface area (Å²) in [6.45, 7) is 0.387. The van der Waals surface area contributed by atoms with Crippen molar-refractivity contribution in [2.75, 3.05) is 0 Å². The minimum Gasteiger partial charge on any atom is -0.467 e. The van der Waals surface area contributed by atoms with Gasteiger partial charge in [-0.05, 0) is 29.8 Å². The van der Waals surface area contributed by atoms with Crippen LogP contribution in [0.2, 0.25) is 0 Å². The van der Waals surface area contributed by atoms with E-state index in [9.17, 15) is 4.79 Å². The number of nitrogens with one attached hydrogen (secondary N) is 1. The second-order valence-corrected chi connectivity index (χ2v) is 6.01. The molecule has 1 aromatic carbocycles. The maximum atomic E-state index is 12.2. The van der Waals surface area contributed by atoms with E-state index in [1.807, 2.05) is 48.1 Å². The molecule has 1 amide bonds. The Morgan fingerprint density at radius 1 is 1.35 bits per heavy atom. The summed E-state index contributed by atoms with van der Waals surface area (Å²) >= 11 is 1.64. The molecule has 118 valence electrons. The highest BCUT2D eigenvalue weighted by Crippen LogP contribution is 2.21. The van der Waals surface area contributed by atoms with Crippen LogP contribution >= 0.6 is 11.8 Å². The number of amides is 1. The Balaban J connectivity index is 1.60. The average molecular weight is 327 g/mol. The molecule has 0 radical (unpaired) electrons. The van der Waals surface area contributed by atoms with Crippen LogP contribution in [-0.4, -0.2) is 15.5 Å². The van der Waals surface area contributed by atoms with Gasteiger partial charge in [-0.15, -0.1) is 0 Å². The zero-order chi connectivity index (χ0) is 16.1. The average Bonchev–Trinajstić information content (AvgIpc) is 3.22. The third-order valence-electron chi connectivity index (χ3n) is 3.34. The molecule has 23 heavy (non-hydrogen) atoms. The van der Waals surface area contributed by atoms with Crippen LogP contribution < -0.4 is 5.32 Å². The number of aryl methyl sites for hydroxylation is 1. The molecule has 0 aliphatic rings. The fourth-order valence-electron chi connectivity index (χ4n) is 2.12. The van der Waals surface area contributed by atoms with Crippen LogP contribution in [-0.2, 0) is 19.3 Å². The lowest BCUT2D eigenvalue weighted by Gasteiger charge is -2.06. The zero-order valence-electron chi connectivity index (χ0n) is 12.7. The van der Waals surface area contributed by atoms with Gasteiger partial charge in [0.05, 0.1) is 12.8 Å². The van der Waals surface area contributed by atoms with Gasteiger partial charge in [0.2, 0.25) is 0 Å². The van der Waals surface area contributed by atoms with Crippen LogP contribution in [0.5, 0.6) is 0 Å². The van der Waals surface area contributed by atoms with Gasteiger partial charge in [0.25, 0.3) is 5.91 Å². The summed E-state index contributed by atoms with van der Waals surface area (Å²) in [4.78, 5) is 16.5. The maximum Gasteiger partial charge on any atom is 0.251 e. The molecule has 0 unspecified atom stereocenters. The number of thioether (sulfide) groups is 1. The number of hydrogen-bond donors (Lipinski definition) is 1. The van der Waals surface area contributed by atoms with Gasteiger partial charge in [0, 0.05) is 30.8 Å². The number of carbonyl (C=O) groups is 1. The zero-order valence-corrected chi connectivity index (χ0v) is 13.5. The van der Waals surface area contributed by atoms with E-state index in [1.165, 1.54) is 0 Å². The molecule has 0 atom stereocenters. The largest absolute Gasteiger partial charge is 0.467 e. The first-order valence-corrected chi connectivity index (χ1v) is 8.20. The normalized spacial score (nSPS) is 10.7. The number of imidazole rings is 1. The summed E-state index contributed by atoms with van der Waals surface area (Å²) in [5.41, 5.74) is 1.73. The summed E-state index contributed by atoms with van der Waals surface area (Å²) in [7, 11) is 1.97. The van der Waals surface area contributed by atoms with E-state index in [0.717, 1.165) is 22.2 Å². The number of aromatic nitrogens is 2. The van der Waals surface area contributed by atoms with Crippen molar-refractivity contribution in [2.24, 2.45) is 7.05 Å². The topological polar surface area (TPSA) is 60.1 Å². The third kappa shape index (κ3) is 4.04. The van der Waals surface area contributed by atoms with Crippen LogP contribution in [0.4, 0.5) is 0 Å². The second kappa shape index (κ2) is 7.19. The van der Waals surface area contributed by atoms with Gasteiger partial charge in [0.1, 0.15) is 5.76 Å². The van der Waals surface area contributed by atoms with Crippen molar-refractivity contribution in [3.63, 3.8) is 0 Å². The first-order chi connectivity index (χ1) is 11.2. The van der Waals surface area contributed by atoms with Crippen molar-refractivity contribution in [3.8, 4) is 0 Å². The van der Waals surface area contributed by atoms with Crippen molar-refractivity contribution in [2.45, 2.75) is 17.5 Å². The molecule has 0 saturated heterocycles. The lowest BCUT2D eigenvalue weighted by Crippen LogP contribution is -2.22. The number of benzene rings is 1. The van der Waals surface area contributed by atoms with E-state index >= 15 is 0 Å². The summed E-state index contributed by atoms with van der Waals surface area (Å²) in [5, 5.41) is 3.81. The smallest absolute Gasteiger partial charge is 0.251 e. The summed E-state index contributed by atoms with van der Waals surface area (Å²) in [5.74, 6) is 1.40. The van der Waals surface area contributed by atoms with Gasteiger partial charge < -0.3 is 14.3 Å². The minimum atomic E-state index is -0.106. The second-order valence-electron chi connectivity index (χ2n) is 5.07. The number of rotatable bonds is 6. The molecule has 0 aliphatic carbocycles. The number of nitrogens with zero attached hydrogens (tertiary/aromatic N) is 2. The molecular weight excluding hydrogens is 310 g/mol. The molecule has 1 N–H and O–H groups in total. The standard InChI is InChI=1S/C17H17N3O2S/c1-20-8-7-18-17(20)23-12-13-4-2-5-14(10-13)16(21)19-11-15-6-3-9-22-15/h2-10H,11-12H2,1H3,(H,19,21). The molecule has 3 aromatic rings. The van der Waals surface area contributed by atoms with Gasteiger partial charge in [-0.2, -0.15) is 0 Å². The quantitative estimate of drug-likeness (QED) is 0.706. The van der Waals surface area contributed by atoms with Crippen LogP contribution in [0.1, 0.15) is 21.7 Å². The molecule has 2 aromatic heterocycles. The number of furan rings is 1. The Bertz CT molecular complexity index is 781. The van der Waals surface area contributed by atoms with Gasteiger partial charge in [-0.25, -0.2) is 4.98 Å². The highest BCUT2D eigenvalue weighted by atomic mass is 32.2. The molecule has 0 fully saturated rings. The number of carbonyl (C=O) groups excluding carboxylic acids is 1. The first-order valence-electron chi connectivity index (χ1n) is 7.22. The van der Waals surface area contributed by atoms with Gasteiger partial charge >= 0.3 is 0 Å². The van der Waals surface area contributed by atoms with Gasteiger partial charge in [-0.1, -0.05) is 23.9 Å². The highest BCUT2D eigenvalue weighted by molar-refractivity contribution is 7.98. The first kappa shape index (κ1) is 15.4. The lowest BCUT2D eigenvalue weighted by molar-refractivity contribution is 0.0948. The van der Waals surface area contributed by atoms with Crippen LogP contribution in [0.15, 0.2) is 64.6 Å². The molecule has 6 heteroatoms. The van der Waals surface area contributed by atoms with Crippen molar-refractivity contribution >= 4 is 17.7 Å². The molecule has 0 aliphatic heterocycles. The fraction of sp³-hybridized carbons (Fsp3) is 0.176. The van der Waals surface area contributed by atoms with Crippen LogP contribution in [0, 0.1) is 0 Å². The molecule has 3 rings (SSSR count). The van der Waals surface area contributed by atoms with Crippen molar-refractivity contribution in [1.29, 1.82) is 0 Å². The van der Waals surface area contributed by atoms with Crippen LogP contribution in [0.25, 0.3) is 0 Å². The Morgan fingerprint density at radius 3 is 3.00 bits per heavy atom. The molecule has 2 heterocycles. The third-order valence-corrected chi connectivity index (χ3v) is 4.47.